The van der Waals surface area contributed by atoms with Crippen LogP contribution in [0.15, 0.2) is 0 Å². The summed E-state index contributed by atoms with van der Waals surface area (Å²) in [5, 5.41) is 0. The molecule has 0 aliphatic heterocycles. The number of nitrogens with two attached hydrogens (primary N) is 1. The third kappa shape index (κ3) is 4.83. The Labute approximate surface area is 101 Å². The summed E-state index contributed by atoms with van der Waals surface area (Å²) in [5.41, 5.74) is 6.04. The second-order valence-corrected chi connectivity index (χ2v) is 9.41. The van der Waals surface area contributed by atoms with Crippen LogP contribution in [0.4, 0.5) is 0 Å². The highest BCUT2D eigenvalue weighted by Crippen LogP contribution is 2.22. The highest BCUT2D eigenvalue weighted by Gasteiger charge is 2.29. The van der Waals surface area contributed by atoms with E-state index in [0.717, 1.165) is 6.42 Å². The summed E-state index contributed by atoms with van der Waals surface area (Å²) in [5.74, 6) is 0.236. The predicted octanol–water partition coefficient (Wildman–Crippen LogP) is 2.35. The predicted molar refractivity (Wildman–Crippen MR) is 70.2 cm³/mol. The molecule has 0 spiro atoms. The lowest BCUT2D eigenvalue weighted by molar-refractivity contribution is 0.304. The summed E-state index contributed by atoms with van der Waals surface area (Å²) in [6, 6.07) is 0.0580. The van der Waals surface area contributed by atoms with Crippen LogP contribution in [0.3, 0.4) is 0 Å². The van der Waals surface area contributed by atoms with E-state index in [-0.39, 0.29) is 17.2 Å². The van der Waals surface area contributed by atoms with Crippen molar-refractivity contribution in [3.8, 4) is 0 Å². The zero-order valence-corrected chi connectivity index (χ0v) is 12.3. The minimum absolute atomic E-state index is 0.0471. The van der Waals surface area contributed by atoms with Crippen LogP contribution in [0.1, 0.15) is 54.4 Å². The van der Waals surface area contributed by atoms with Gasteiger partial charge in [0.1, 0.15) is 0 Å². The zero-order valence-electron chi connectivity index (χ0n) is 11.5. The van der Waals surface area contributed by atoms with E-state index in [9.17, 15) is 8.42 Å². The molecule has 4 heteroatoms. The minimum atomic E-state index is -2.99. The van der Waals surface area contributed by atoms with Gasteiger partial charge in [-0.05, 0) is 39.0 Å². The van der Waals surface area contributed by atoms with Gasteiger partial charge < -0.3 is 5.73 Å². The molecular weight excluding hydrogens is 222 g/mol. The molecule has 0 rings (SSSR count). The highest BCUT2D eigenvalue weighted by molar-refractivity contribution is 7.92. The van der Waals surface area contributed by atoms with E-state index in [2.05, 4.69) is 20.8 Å². The first-order valence-corrected chi connectivity index (χ1v) is 7.51. The lowest BCUT2D eigenvalue weighted by Crippen LogP contribution is -2.36. The van der Waals surface area contributed by atoms with Crippen LogP contribution in [0, 0.1) is 5.41 Å². The lowest BCUT2D eigenvalue weighted by atomic mass is 9.85. The summed E-state index contributed by atoms with van der Waals surface area (Å²) >= 11 is 0. The first kappa shape index (κ1) is 15.9. The average Bonchev–Trinajstić information content (AvgIpc) is 1.99. The van der Waals surface area contributed by atoms with Gasteiger partial charge >= 0.3 is 0 Å². The van der Waals surface area contributed by atoms with E-state index < -0.39 is 14.6 Å². The van der Waals surface area contributed by atoms with E-state index in [0.29, 0.717) is 6.42 Å². The monoisotopic (exact) mass is 249 g/mol. The fraction of sp³-hybridized carbons (Fsp3) is 1.00. The Bertz CT molecular complexity index is 307. The molecule has 0 saturated heterocycles. The molecule has 0 aromatic heterocycles. The molecule has 0 bridgehead atoms. The van der Waals surface area contributed by atoms with Crippen molar-refractivity contribution in [2.24, 2.45) is 11.1 Å². The van der Waals surface area contributed by atoms with Gasteiger partial charge in [0.25, 0.3) is 0 Å². The summed E-state index contributed by atoms with van der Waals surface area (Å²) in [6.45, 7) is 11.5. The van der Waals surface area contributed by atoms with Gasteiger partial charge in [0, 0.05) is 6.04 Å². The second-order valence-electron chi connectivity index (χ2n) is 6.55. The molecular formula is C12H27NO2S. The van der Waals surface area contributed by atoms with Gasteiger partial charge in [-0.25, -0.2) is 8.42 Å². The smallest absolute Gasteiger partial charge is 0.155 e. The Morgan fingerprint density at radius 3 is 1.81 bits per heavy atom. The maximum Gasteiger partial charge on any atom is 0.155 e. The molecule has 0 aliphatic carbocycles. The van der Waals surface area contributed by atoms with Crippen LogP contribution in [0.2, 0.25) is 0 Å². The van der Waals surface area contributed by atoms with Crippen molar-refractivity contribution < 1.29 is 8.42 Å². The normalized spacial score (nSPS) is 16.2. The van der Waals surface area contributed by atoms with Crippen molar-refractivity contribution >= 4 is 9.84 Å². The Hall–Kier alpha value is -0.0900. The quantitative estimate of drug-likeness (QED) is 0.832. The van der Waals surface area contributed by atoms with Gasteiger partial charge in [0.2, 0.25) is 0 Å². The summed E-state index contributed by atoms with van der Waals surface area (Å²) in [7, 11) is -2.99. The second kappa shape index (κ2) is 5.05. The molecule has 98 valence electrons. The molecule has 3 nitrogen and oxygen atoms in total. The van der Waals surface area contributed by atoms with Crippen molar-refractivity contribution in [2.75, 3.05) is 5.75 Å². The Kier molecular flexibility index (Phi) is 5.02. The van der Waals surface area contributed by atoms with Gasteiger partial charge in [-0.3, -0.25) is 0 Å². The van der Waals surface area contributed by atoms with Crippen LogP contribution >= 0.6 is 0 Å². The fourth-order valence-electron chi connectivity index (χ4n) is 1.23. The maximum absolute atomic E-state index is 11.8. The van der Waals surface area contributed by atoms with E-state index in [1.54, 1.807) is 20.8 Å². The molecule has 0 saturated carbocycles. The van der Waals surface area contributed by atoms with Crippen molar-refractivity contribution in [3.05, 3.63) is 0 Å². The van der Waals surface area contributed by atoms with Crippen LogP contribution in [0.5, 0.6) is 0 Å². The van der Waals surface area contributed by atoms with Crippen molar-refractivity contribution in [3.63, 3.8) is 0 Å². The van der Waals surface area contributed by atoms with Gasteiger partial charge in [-0.1, -0.05) is 20.8 Å². The highest BCUT2D eigenvalue weighted by atomic mass is 32.2. The summed E-state index contributed by atoms with van der Waals surface area (Å²) < 4.78 is 23.0. The fourth-order valence-corrected chi connectivity index (χ4v) is 2.39. The van der Waals surface area contributed by atoms with Crippen molar-refractivity contribution in [1.29, 1.82) is 0 Å². The SMILES string of the molecule is CC(C)(C)C(N)CCCS(=O)(=O)C(C)(C)C. The van der Waals surface area contributed by atoms with E-state index in [1.165, 1.54) is 0 Å². The van der Waals surface area contributed by atoms with E-state index in [1.807, 2.05) is 0 Å². The van der Waals surface area contributed by atoms with E-state index >= 15 is 0 Å². The Balaban J connectivity index is 4.21. The zero-order chi connectivity index (χ0) is 13.2. The van der Waals surface area contributed by atoms with Gasteiger partial charge in [0.15, 0.2) is 9.84 Å². The molecule has 0 aliphatic rings. The molecule has 0 aromatic carbocycles. The summed E-state index contributed by atoms with van der Waals surface area (Å²) in [6.07, 6.45) is 1.41. The topological polar surface area (TPSA) is 60.2 Å². The molecule has 1 atom stereocenters. The van der Waals surface area contributed by atoms with Crippen LogP contribution in [-0.2, 0) is 9.84 Å². The first-order valence-electron chi connectivity index (χ1n) is 5.86. The minimum Gasteiger partial charge on any atom is -0.327 e. The molecule has 16 heavy (non-hydrogen) atoms. The number of rotatable bonds is 4. The first-order chi connectivity index (χ1) is 6.88. The Morgan fingerprint density at radius 1 is 1.06 bits per heavy atom. The number of hydrogen-bond acceptors (Lipinski definition) is 3. The Morgan fingerprint density at radius 2 is 1.50 bits per heavy atom. The third-order valence-electron chi connectivity index (χ3n) is 2.97. The molecule has 0 amide bonds. The average molecular weight is 249 g/mol. The summed E-state index contributed by atoms with van der Waals surface area (Å²) in [4.78, 5) is 0. The molecule has 1 unspecified atom stereocenters. The van der Waals surface area contributed by atoms with Gasteiger partial charge in [-0.15, -0.1) is 0 Å². The molecule has 0 heterocycles. The molecule has 0 radical (unpaired) electrons. The van der Waals surface area contributed by atoms with Crippen LogP contribution in [-0.4, -0.2) is 25.0 Å². The standard InChI is InChI=1S/C12H27NO2S/c1-11(2,3)10(13)8-7-9-16(14,15)12(4,5)6/h10H,7-9,13H2,1-6H3. The van der Waals surface area contributed by atoms with Gasteiger partial charge in [0.05, 0.1) is 10.5 Å². The van der Waals surface area contributed by atoms with Crippen molar-refractivity contribution in [2.45, 2.75) is 65.2 Å². The van der Waals surface area contributed by atoms with Gasteiger partial charge in [-0.2, -0.15) is 0 Å². The molecule has 2 N–H and O–H groups in total. The largest absolute Gasteiger partial charge is 0.327 e. The van der Waals surface area contributed by atoms with Crippen LogP contribution < -0.4 is 5.73 Å². The molecule has 0 fully saturated rings. The number of sulfone groups is 1. The number of hydrogen-bond donors (Lipinski definition) is 1. The third-order valence-corrected chi connectivity index (χ3v) is 5.67. The maximum atomic E-state index is 11.8. The van der Waals surface area contributed by atoms with E-state index in [4.69, 9.17) is 5.73 Å². The molecule has 0 aromatic rings. The van der Waals surface area contributed by atoms with Crippen molar-refractivity contribution in [1.82, 2.24) is 0 Å². The lowest BCUT2D eigenvalue weighted by Gasteiger charge is -2.27. The van der Waals surface area contributed by atoms with Crippen LogP contribution in [0.25, 0.3) is 0 Å².